The third-order valence-corrected chi connectivity index (χ3v) is 3.34. The predicted octanol–water partition coefficient (Wildman–Crippen LogP) is 3.48. The quantitative estimate of drug-likeness (QED) is 0.521. The summed E-state index contributed by atoms with van der Waals surface area (Å²) in [6, 6.07) is 14.9. The molecule has 0 aromatic heterocycles. The minimum Gasteiger partial charge on any atom is -0.445 e. The number of nitrogens with one attached hydrogen (secondary N) is 1. The van der Waals surface area contributed by atoms with Crippen molar-refractivity contribution in [2.45, 2.75) is 20.0 Å². The largest absolute Gasteiger partial charge is 0.445 e. The molecular weight excluding hydrogens is 302 g/mol. The Bertz CT molecular complexity index is 757. The highest BCUT2D eigenvalue weighted by Crippen LogP contribution is 2.08. The number of carbonyl (C=O) groups excluding carboxylic acids is 2. The summed E-state index contributed by atoms with van der Waals surface area (Å²) in [5, 5.41) is 2.66. The molecule has 0 bridgehead atoms. The second-order valence-electron chi connectivity index (χ2n) is 5.23. The van der Waals surface area contributed by atoms with Gasteiger partial charge in [0.1, 0.15) is 12.9 Å². The smallest absolute Gasteiger partial charge is 0.407 e. The fourth-order valence-electron chi connectivity index (χ4n) is 2.06. The highest BCUT2D eigenvalue weighted by Gasteiger charge is 2.01. The Morgan fingerprint density at radius 1 is 1.21 bits per heavy atom. The Hall–Kier alpha value is -3.06. The Morgan fingerprint density at radius 2 is 2.00 bits per heavy atom. The van der Waals surface area contributed by atoms with Crippen molar-refractivity contribution in [2.75, 3.05) is 6.54 Å². The number of aryl methyl sites for hydroxylation is 1. The number of amides is 1. The minimum atomic E-state index is -0.452. The van der Waals surface area contributed by atoms with E-state index in [1.807, 2.05) is 43.3 Å². The fraction of sp³-hybridized carbons (Fsp3) is 0.200. The molecule has 0 unspecified atom stereocenters. The van der Waals surface area contributed by atoms with Gasteiger partial charge in [0, 0.05) is 24.1 Å². The number of hydrogen-bond acceptors (Lipinski definition) is 3. The van der Waals surface area contributed by atoms with Gasteiger partial charge in [-0.15, -0.1) is 0 Å². The zero-order valence-electron chi connectivity index (χ0n) is 13.5. The molecule has 0 saturated heterocycles. The van der Waals surface area contributed by atoms with E-state index < -0.39 is 6.09 Å². The number of aldehydes is 1. The Balaban J connectivity index is 1.71. The summed E-state index contributed by atoms with van der Waals surface area (Å²) in [5.74, 6) is 6.04. The Kier molecular flexibility index (Phi) is 6.60. The molecule has 1 amide bonds. The van der Waals surface area contributed by atoms with E-state index in [0.29, 0.717) is 18.5 Å². The van der Waals surface area contributed by atoms with Crippen molar-refractivity contribution in [3.8, 4) is 11.8 Å². The van der Waals surface area contributed by atoms with Crippen molar-refractivity contribution in [3.63, 3.8) is 0 Å². The molecule has 0 heterocycles. The predicted molar refractivity (Wildman–Crippen MR) is 92.7 cm³/mol. The minimum absolute atomic E-state index is 0.251. The van der Waals surface area contributed by atoms with Gasteiger partial charge in [-0.2, -0.15) is 0 Å². The molecule has 0 radical (unpaired) electrons. The molecule has 0 spiro atoms. The van der Waals surface area contributed by atoms with Crippen LogP contribution < -0.4 is 5.32 Å². The van der Waals surface area contributed by atoms with Crippen LogP contribution in [0, 0.1) is 18.8 Å². The molecule has 0 fully saturated rings. The number of carbonyl (C=O) groups is 2. The lowest BCUT2D eigenvalue weighted by molar-refractivity contribution is 0.112. The topological polar surface area (TPSA) is 55.4 Å². The van der Waals surface area contributed by atoms with Crippen molar-refractivity contribution in [2.24, 2.45) is 0 Å². The van der Waals surface area contributed by atoms with Gasteiger partial charge in [-0.1, -0.05) is 48.2 Å². The summed E-state index contributed by atoms with van der Waals surface area (Å²) in [6.45, 7) is 2.59. The number of ether oxygens (including phenoxy) is 1. The average molecular weight is 321 g/mol. The van der Waals surface area contributed by atoms with Gasteiger partial charge >= 0.3 is 6.09 Å². The van der Waals surface area contributed by atoms with E-state index in [1.54, 1.807) is 12.1 Å². The standard InChI is InChI=1S/C20H19NO3/c1-16-13-18(14-22)10-11-19(16)9-5-6-12-21-20(23)24-15-17-7-3-2-4-8-17/h2-4,7-8,10-11,13-14H,6,12,15H2,1H3,(H,21,23). The maximum absolute atomic E-state index is 11.6. The van der Waals surface area contributed by atoms with Crippen LogP contribution in [-0.2, 0) is 11.3 Å². The summed E-state index contributed by atoms with van der Waals surface area (Å²) in [4.78, 5) is 22.2. The lowest BCUT2D eigenvalue weighted by atomic mass is 10.1. The van der Waals surface area contributed by atoms with Crippen LogP contribution in [0.25, 0.3) is 0 Å². The number of rotatable bonds is 5. The maximum Gasteiger partial charge on any atom is 0.407 e. The van der Waals surface area contributed by atoms with Crippen LogP contribution in [0.5, 0.6) is 0 Å². The van der Waals surface area contributed by atoms with E-state index in [-0.39, 0.29) is 6.61 Å². The number of benzene rings is 2. The van der Waals surface area contributed by atoms with Gasteiger partial charge in [0.25, 0.3) is 0 Å². The highest BCUT2D eigenvalue weighted by molar-refractivity contribution is 5.75. The van der Waals surface area contributed by atoms with E-state index in [1.165, 1.54) is 0 Å². The van der Waals surface area contributed by atoms with E-state index >= 15 is 0 Å². The summed E-state index contributed by atoms with van der Waals surface area (Å²) in [6.07, 6.45) is 0.886. The molecule has 0 aliphatic heterocycles. The SMILES string of the molecule is Cc1cc(C=O)ccc1C#CCCNC(=O)OCc1ccccc1. The van der Waals surface area contributed by atoms with Gasteiger partial charge in [0.15, 0.2) is 0 Å². The van der Waals surface area contributed by atoms with Gasteiger partial charge in [-0.3, -0.25) is 4.79 Å². The van der Waals surface area contributed by atoms with E-state index in [0.717, 1.165) is 23.0 Å². The van der Waals surface area contributed by atoms with E-state index in [2.05, 4.69) is 17.2 Å². The summed E-state index contributed by atoms with van der Waals surface area (Å²) in [5.41, 5.74) is 3.43. The van der Waals surface area contributed by atoms with E-state index in [4.69, 9.17) is 4.74 Å². The van der Waals surface area contributed by atoms with Crippen molar-refractivity contribution in [1.82, 2.24) is 5.32 Å². The van der Waals surface area contributed by atoms with Crippen LogP contribution in [-0.4, -0.2) is 18.9 Å². The molecule has 2 rings (SSSR count). The van der Waals surface area contributed by atoms with Crippen LogP contribution in [0.3, 0.4) is 0 Å². The highest BCUT2D eigenvalue weighted by atomic mass is 16.5. The first-order valence-electron chi connectivity index (χ1n) is 7.68. The number of hydrogen-bond donors (Lipinski definition) is 1. The monoisotopic (exact) mass is 321 g/mol. The Labute approximate surface area is 141 Å². The van der Waals surface area contributed by atoms with Crippen LogP contribution in [0.2, 0.25) is 0 Å². The molecule has 1 N–H and O–H groups in total. The second kappa shape index (κ2) is 9.16. The van der Waals surface area contributed by atoms with Crippen molar-refractivity contribution < 1.29 is 14.3 Å². The molecule has 0 saturated carbocycles. The molecule has 122 valence electrons. The zero-order chi connectivity index (χ0) is 17.2. The molecule has 4 heteroatoms. The van der Waals surface area contributed by atoms with Crippen LogP contribution in [0.4, 0.5) is 4.79 Å². The molecule has 0 aliphatic rings. The molecule has 4 nitrogen and oxygen atoms in total. The van der Waals surface area contributed by atoms with Gasteiger partial charge < -0.3 is 10.1 Å². The maximum atomic E-state index is 11.6. The molecule has 24 heavy (non-hydrogen) atoms. The first-order valence-corrected chi connectivity index (χ1v) is 7.68. The molecule has 2 aromatic carbocycles. The lowest BCUT2D eigenvalue weighted by Gasteiger charge is -2.05. The lowest BCUT2D eigenvalue weighted by Crippen LogP contribution is -2.24. The van der Waals surface area contributed by atoms with E-state index in [9.17, 15) is 9.59 Å². The molecule has 0 atom stereocenters. The third kappa shape index (κ3) is 5.62. The zero-order valence-corrected chi connectivity index (χ0v) is 13.5. The van der Waals surface area contributed by atoms with Gasteiger partial charge in [0.05, 0.1) is 0 Å². The fourth-order valence-corrected chi connectivity index (χ4v) is 2.06. The van der Waals surface area contributed by atoms with Crippen LogP contribution in [0.1, 0.15) is 33.5 Å². The van der Waals surface area contributed by atoms with Crippen LogP contribution >= 0.6 is 0 Å². The third-order valence-electron chi connectivity index (χ3n) is 3.34. The Morgan fingerprint density at radius 3 is 2.71 bits per heavy atom. The first-order chi connectivity index (χ1) is 11.7. The first kappa shape index (κ1) is 17.3. The van der Waals surface area contributed by atoms with Crippen molar-refractivity contribution in [3.05, 3.63) is 70.8 Å². The van der Waals surface area contributed by atoms with Gasteiger partial charge in [-0.25, -0.2) is 4.79 Å². The van der Waals surface area contributed by atoms with Crippen LogP contribution in [0.15, 0.2) is 48.5 Å². The van der Waals surface area contributed by atoms with Gasteiger partial charge in [-0.05, 0) is 30.2 Å². The summed E-state index contributed by atoms with van der Waals surface area (Å²) in [7, 11) is 0. The number of alkyl carbamates (subject to hydrolysis) is 1. The molecule has 0 aliphatic carbocycles. The normalized spacial score (nSPS) is 9.54. The molecular formula is C20H19NO3. The second-order valence-corrected chi connectivity index (χ2v) is 5.23. The van der Waals surface area contributed by atoms with Crippen molar-refractivity contribution in [1.29, 1.82) is 0 Å². The summed E-state index contributed by atoms with van der Waals surface area (Å²) >= 11 is 0. The average Bonchev–Trinajstić information content (AvgIpc) is 2.61. The van der Waals surface area contributed by atoms with Gasteiger partial charge in [0.2, 0.25) is 0 Å². The summed E-state index contributed by atoms with van der Waals surface area (Å²) < 4.78 is 5.11. The molecule has 2 aromatic rings. The van der Waals surface area contributed by atoms with Crippen molar-refractivity contribution >= 4 is 12.4 Å².